The van der Waals surface area contributed by atoms with Crippen LogP contribution in [0.3, 0.4) is 0 Å². The smallest absolute Gasteiger partial charge is 0.301 e. The molecular formula is C31H27FN2O6S. The van der Waals surface area contributed by atoms with Gasteiger partial charge < -0.3 is 19.3 Å². The van der Waals surface area contributed by atoms with Crippen molar-refractivity contribution in [2.75, 3.05) is 24.7 Å². The third-order valence-corrected chi connectivity index (χ3v) is 7.39. The van der Waals surface area contributed by atoms with E-state index in [9.17, 15) is 19.1 Å². The largest absolute Gasteiger partial charge is 0.507 e. The minimum atomic E-state index is -1.06. The number of ketones is 1. The molecule has 0 aliphatic carbocycles. The molecule has 2 heterocycles. The van der Waals surface area contributed by atoms with Crippen LogP contribution in [0.5, 0.6) is 17.2 Å². The molecule has 1 aromatic heterocycles. The van der Waals surface area contributed by atoms with Crippen LogP contribution in [0.4, 0.5) is 9.52 Å². The average Bonchev–Trinajstić information content (AvgIpc) is 3.50. The van der Waals surface area contributed by atoms with E-state index in [0.29, 0.717) is 51.8 Å². The number of carbonyl (C=O) groups is 2. The molecule has 8 nitrogen and oxygen atoms in total. The number of nitrogens with zero attached hydrogens (tertiary/aromatic N) is 2. The summed E-state index contributed by atoms with van der Waals surface area (Å²) in [6.45, 7) is 8.40. The highest BCUT2D eigenvalue weighted by molar-refractivity contribution is 7.22. The number of ether oxygens (including phenoxy) is 3. The minimum absolute atomic E-state index is 0.119. The molecule has 1 fully saturated rings. The summed E-state index contributed by atoms with van der Waals surface area (Å²) in [7, 11) is 0. The molecule has 1 unspecified atom stereocenters. The second-order valence-corrected chi connectivity index (χ2v) is 9.98. The first-order valence-electron chi connectivity index (χ1n) is 13.0. The number of amides is 1. The van der Waals surface area contributed by atoms with Crippen LogP contribution in [0.2, 0.25) is 0 Å². The van der Waals surface area contributed by atoms with E-state index >= 15 is 0 Å². The molecule has 1 amide bonds. The number of hydrogen-bond acceptors (Lipinski definition) is 8. The van der Waals surface area contributed by atoms with E-state index < -0.39 is 23.5 Å². The molecule has 4 aromatic rings. The molecule has 0 saturated carbocycles. The van der Waals surface area contributed by atoms with Gasteiger partial charge >= 0.3 is 5.91 Å². The highest BCUT2D eigenvalue weighted by Crippen LogP contribution is 2.46. The van der Waals surface area contributed by atoms with Crippen LogP contribution in [-0.4, -0.2) is 41.6 Å². The van der Waals surface area contributed by atoms with Gasteiger partial charge in [0.15, 0.2) is 16.6 Å². The Kier molecular flexibility index (Phi) is 8.02. The summed E-state index contributed by atoms with van der Waals surface area (Å²) >= 11 is 1.07. The number of fused-ring (bicyclic) bond motifs is 1. The standard InChI is InChI=1S/C31H27FN2O6S/c1-4-15-40-23-14-9-19(16-24(23)39-6-3)27-26(28(35)18-7-11-21(12-8-18)38-5-2)29(36)30(37)34(27)31-33-22-13-10-20(32)17-25(22)41-31/h4,7-14,16-17,27,35H,1,5-6,15H2,2-3H3. The van der Waals surface area contributed by atoms with Crippen molar-refractivity contribution in [2.45, 2.75) is 19.9 Å². The van der Waals surface area contributed by atoms with Crippen molar-refractivity contribution in [1.29, 1.82) is 0 Å². The van der Waals surface area contributed by atoms with Crippen LogP contribution in [0.25, 0.3) is 16.0 Å². The second kappa shape index (κ2) is 11.8. The minimum Gasteiger partial charge on any atom is -0.507 e. The number of thiazole rings is 1. The van der Waals surface area contributed by atoms with Crippen LogP contribution < -0.4 is 19.1 Å². The Morgan fingerprint density at radius 3 is 2.49 bits per heavy atom. The summed E-state index contributed by atoms with van der Waals surface area (Å²) < 4.78 is 31.5. The number of carbonyl (C=O) groups excluding carboxylic acids is 2. The SMILES string of the molecule is C=CCOc1ccc(C2C(=C(O)c3ccc(OCC)cc3)C(=O)C(=O)N2c2nc3ccc(F)cc3s2)cc1OCC. The van der Waals surface area contributed by atoms with Gasteiger partial charge in [0.1, 0.15) is 23.9 Å². The molecule has 41 heavy (non-hydrogen) atoms. The third kappa shape index (κ3) is 5.38. The van der Waals surface area contributed by atoms with Crippen LogP contribution in [0.1, 0.15) is 31.0 Å². The van der Waals surface area contributed by atoms with Gasteiger partial charge in [-0.05, 0) is 74.0 Å². The van der Waals surface area contributed by atoms with Crippen molar-refractivity contribution in [2.24, 2.45) is 0 Å². The fraction of sp³-hybridized carbons (Fsp3) is 0.194. The Bertz CT molecular complexity index is 1660. The summed E-state index contributed by atoms with van der Waals surface area (Å²) in [5.74, 6) is -1.10. The third-order valence-electron chi connectivity index (χ3n) is 6.37. The highest BCUT2D eigenvalue weighted by Gasteiger charge is 2.48. The van der Waals surface area contributed by atoms with Crippen molar-refractivity contribution in [3.63, 3.8) is 0 Å². The Labute approximate surface area is 239 Å². The normalized spacial score (nSPS) is 16.3. The van der Waals surface area contributed by atoms with Crippen LogP contribution in [-0.2, 0) is 9.59 Å². The predicted molar refractivity (Wildman–Crippen MR) is 155 cm³/mol. The Morgan fingerprint density at radius 2 is 1.78 bits per heavy atom. The van der Waals surface area contributed by atoms with Gasteiger partial charge in [-0.15, -0.1) is 0 Å². The van der Waals surface area contributed by atoms with Crippen molar-refractivity contribution in [1.82, 2.24) is 4.98 Å². The molecule has 0 bridgehead atoms. The van der Waals surface area contributed by atoms with Gasteiger partial charge in [-0.25, -0.2) is 9.37 Å². The first-order chi connectivity index (χ1) is 19.9. The maximum absolute atomic E-state index is 13.9. The van der Waals surface area contributed by atoms with E-state index in [2.05, 4.69) is 11.6 Å². The fourth-order valence-corrected chi connectivity index (χ4v) is 5.61. The van der Waals surface area contributed by atoms with Crippen molar-refractivity contribution >= 4 is 44.1 Å². The molecule has 1 N–H and O–H groups in total. The Hall–Kier alpha value is -4.70. The molecule has 0 radical (unpaired) electrons. The second-order valence-electron chi connectivity index (χ2n) is 8.97. The molecule has 5 rings (SSSR count). The predicted octanol–water partition coefficient (Wildman–Crippen LogP) is 6.42. The topological polar surface area (TPSA) is 98.2 Å². The van der Waals surface area contributed by atoms with E-state index in [1.165, 1.54) is 23.1 Å². The lowest BCUT2D eigenvalue weighted by molar-refractivity contribution is -0.132. The van der Waals surface area contributed by atoms with Crippen molar-refractivity contribution < 1.29 is 33.3 Å². The molecule has 10 heteroatoms. The Balaban J connectivity index is 1.69. The number of rotatable bonds is 10. The van der Waals surface area contributed by atoms with Gasteiger partial charge in [0, 0.05) is 5.56 Å². The number of hydrogen-bond donors (Lipinski definition) is 1. The maximum Gasteiger partial charge on any atom is 0.301 e. The molecule has 3 aromatic carbocycles. The molecule has 1 atom stereocenters. The lowest BCUT2D eigenvalue weighted by Crippen LogP contribution is -2.29. The van der Waals surface area contributed by atoms with Gasteiger partial charge in [0.2, 0.25) is 0 Å². The molecule has 1 aliphatic heterocycles. The monoisotopic (exact) mass is 574 g/mol. The molecule has 1 aliphatic rings. The number of aliphatic hydroxyl groups is 1. The van der Waals surface area contributed by atoms with Crippen molar-refractivity contribution in [3.05, 3.63) is 95.8 Å². The molecule has 0 spiro atoms. The van der Waals surface area contributed by atoms with E-state index in [-0.39, 0.29) is 23.1 Å². The van der Waals surface area contributed by atoms with Gasteiger partial charge in [0.25, 0.3) is 5.78 Å². The first-order valence-corrected chi connectivity index (χ1v) is 13.8. The van der Waals surface area contributed by atoms with Crippen LogP contribution >= 0.6 is 11.3 Å². The number of Topliss-reactive ketones (excluding diaryl/α,β-unsaturated/α-hetero) is 1. The average molecular weight is 575 g/mol. The summed E-state index contributed by atoms with van der Waals surface area (Å²) in [5, 5.41) is 11.6. The van der Waals surface area contributed by atoms with E-state index in [4.69, 9.17) is 14.2 Å². The molecular weight excluding hydrogens is 547 g/mol. The zero-order valence-corrected chi connectivity index (χ0v) is 23.2. The first kappa shape index (κ1) is 27.9. The lowest BCUT2D eigenvalue weighted by atomic mass is 9.95. The summed E-state index contributed by atoms with van der Waals surface area (Å²) in [5.41, 5.74) is 1.17. The van der Waals surface area contributed by atoms with Gasteiger partial charge in [0.05, 0.1) is 35.0 Å². The number of benzene rings is 3. The number of aromatic nitrogens is 1. The summed E-state index contributed by atoms with van der Waals surface area (Å²) in [4.78, 5) is 32.9. The summed E-state index contributed by atoms with van der Waals surface area (Å²) in [6, 6.07) is 14.7. The Morgan fingerprint density at radius 1 is 1.02 bits per heavy atom. The number of aliphatic hydroxyl groups excluding tert-OH is 1. The fourth-order valence-electron chi connectivity index (χ4n) is 4.60. The van der Waals surface area contributed by atoms with Gasteiger partial charge in [-0.2, -0.15) is 0 Å². The lowest BCUT2D eigenvalue weighted by Gasteiger charge is -2.24. The zero-order valence-electron chi connectivity index (χ0n) is 22.4. The van der Waals surface area contributed by atoms with Gasteiger partial charge in [-0.1, -0.05) is 30.1 Å². The summed E-state index contributed by atoms with van der Waals surface area (Å²) in [6.07, 6.45) is 1.60. The van der Waals surface area contributed by atoms with Gasteiger partial charge in [-0.3, -0.25) is 14.5 Å². The number of halogens is 1. The van der Waals surface area contributed by atoms with E-state index in [0.717, 1.165) is 11.3 Å². The highest BCUT2D eigenvalue weighted by atomic mass is 32.1. The molecule has 1 saturated heterocycles. The van der Waals surface area contributed by atoms with Crippen LogP contribution in [0, 0.1) is 5.82 Å². The van der Waals surface area contributed by atoms with E-state index in [1.807, 2.05) is 13.8 Å². The number of anilines is 1. The van der Waals surface area contributed by atoms with Crippen molar-refractivity contribution in [3.8, 4) is 17.2 Å². The van der Waals surface area contributed by atoms with Crippen LogP contribution in [0.15, 0.2) is 78.9 Å². The maximum atomic E-state index is 13.9. The quantitative estimate of drug-likeness (QED) is 0.101. The zero-order chi connectivity index (χ0) is 29.1. The molecule has 210 valence electrons. The van der Waals surface area contributed by atoms with E-state index in [1.54, 1.807) is 48.5 Å².